The van der Waals surface area contributed by atoms with E-state index in [0.717, 1.165) is 55.5 Å². The van der Waals surface area contributed by atoms with Gasteiger partial charge >= 0.3 is 0 Å². The molecule has 4 aromatic carbocycles. The first-order chi connectivity index (χ1) is 23.9. The Labute approximate surface area is 289 Å². The number of unbranched alkanes of at least 4 members (excludes halogenated alkanes) is 3. The zero-order chi connectivity index (χ0) is 34.4. The Balaban J connectivity index is 1.12. The molecule has 0 spiro atoms. The number of carbonyl (C=O) groups is 2. The molecule has 9 heteroatoms. The third-order valence-corrected chi connectivity index (χ3v) is 8.66. The Morgan fingerprint density at radius 3 is 2.18 bits per heavy atom. The topological polar surface area (TPSA) is 126 Å². The molecule has 1 heterocycles. The van der Waals surface area contributed by atoms with E-state index in [1.165, 1.54) is 5.56 Å². The van der Waals surface area contributed by atoms with E-state index in [0.29, 0.717) is 36.3 Å². The van der Waals surface area contributed by atoms with Gasteiger partial charge in [-0.05, 0) is 60.8 Å². The SMILES string of the molecule is CN(Cc1ccccc1)C[C@@H]1C[C@H](c2ccc(CO)cc2)O[C@H](c2cccc(NC(=O)CCCCCCC(=O)Nc3ccccc3N)c2)O1. The standard InChI is InChI=1S/C40H48N4O5/c1-44(26-29-12-5-4-6-13-29)27-34-25-37(31-22-20-30(28-45)21-23-31)49-40(48-34)32-14-11-15-33(24-32)42-38(46)18-7-2-3-8-19-39(47)43-36-17-10-9-16-35(36)41/h4-6,9-17,20-24,34,37,40,45H,2-3,7-8,18-19,25-28,41H2,1H3,(H,42,46)(H,43,47)/t34-,37+,40+/m0/s1. The van der Waals surface area contributed by atoms with Crippen LogP contribution in [0.1, 0.15) is 79.6 Å². The van der Waals surface area contributed by atoms with Crippen molar-refractivity contribution in [2.24, 2.45) is 0 Å². The van der Waals surface area contributed by atoms with Crippen LogP contribution in [0.5, 0.6) is 0 Å². The van der Waals surface area contributed by atoms with Crippen molar-refractivity contribution in [3.8, 4) is 0 Å². The number of nitrogens with two attached hydrogens (primary N) is 1. The summed E-state index contributed by atoms with van der Waals surface area (Å²) in [4.78, 5) is 27.3. The third-order valence-electron chi connectivity index (χ3n) is 8.66. The normalized spacial score (nSPS) is 17.5. The Hall–Kier alpha value is -4.54. The molecule has 9 nitrogen and oxygen atoms in total. The second-order valence-corrected chi connectivity index (χ2v) is 12.8. The van der Waals surface area contributed by atoms with Crippen LogP contribution < -0.4 is 16.4 Å². The summed E-state index contributed by atoms with van der Waals surface area (Å²) in [6, 6.07) is 33.1. The Kier molecular flexibility index (Phi) is 13.3. The van der Waals surface area contributed by atoms with Gasteiger partial charge in [0.25, 0.3) is 0 Å². The zero-order valence-corrected chi connectivity index (χ0v) is 28.2. The maximum absolute atomic E-state index is 12.8. The van der Waals surface area contributed by atoms with E-state index in [1.807, 2.05) is 66.7 Å². The van der Waals surface area contributed by atoms with Gasteiger partial charge in [0.15, 0.2) is 6.29 Å². The summed E-state index contributed by atoms with van der Waals surface area (Å²) < 4.78 is 13.1. The van der Waals surface area contributed by atoms with E-state index >= 15 is 0 Å². The quantitative estimate of drug-likeness (QED) is 0.0729. The molecule has 0 bridgehead atoms. The molecule has 4 aromatic rings. The fourth-order valence-electron chi connectivity index (χ4n) is 6.08. The van der Waals surface area contributed by atoms with Gasteiger partial charge in [0, 0.05) is 43.6 Å². The lowest BCUT2D eigenvalue weighted by Gasteiger charge is -2.38. The van der Waals surface area contributed by atoms with Gasteiger partial charge in [-0.2, -0.15) is 0 Å². The second kappa shape index (κ2) is 18.3. The summed E-state index contributed by atoms with van der Waals surface area (Å²) in [5.41, 5.74) is 11.7. The number of aliphatic hydroxyl groups is 1. The molecule has 2 amide bonds. The van der Waals surface area contributed by atoms with Gasteiger partial charge < -0.3 is 30.9 Å². The number of aliphatic hydroxyl groups excluding tert-OH is 1. The van der Waals surface area contributed by atoms with Crippen molar-refractivity contribution in [1.82, 2.24) is 4.90 Å². The highest BCUT2D eigenvalue weighted by atomic mass is 16.7. The maximum atomic E-state index is 12.8. The van der Waals surface area contributed by atoms with Crippen LogP contribution in [-0.2, 0) is 32.2 Å². The molecule has 258 valence electrons. The number of anilines is 3. The van der Waals surface area contributed by atoms with Crippen LogP contribution in [-0.4, -0.2) is 41.5 Å². The summed E-state index contributed by atoms with van der Waals surface area (Å²) in [7, 11) is 2.10. The minimum atomic E-state index is -0.612. The second-order valence-electron chi connectivity index (χ2n) is 12.8. The number of benzene rings is 4. The Bertz CT molecular complexity index is 1630. The predicted octanol–water partition coefficient (Wildman–Crippen LogP) is 7.36. The largest absolute Gasteiger partial charge is 0.397 e. The van der Waals surface area contributed by atoms with Gasteiger partial charge in [0.2, 0.25) is 11.8 Å². The van der Waals surface area contributed by atoms with Crippen molar-refractivity contribution in [3.05, 3.63) is 125 Å². The summed E-state index contributed by atoms with van der Waals surface area (Å²) in [5, 5.41) is 15.4. The number of ether oxygens (including phenoxy) is 2. The van der Waals surface area contributed by atoms with Gasteiger partial charge in [-0.15, -0.1) is 0 Å². The minimum absolute atomic E-state index is 0.00681. The molecule has 1 saturated heterocycles. The minimum Gasteiger partial charge on any atom is -0.397 e. The smallest absolute Gasteiger partial charge is 0.224 e. The number of para-hydroxylation sites is 2. The molecule has 5 rings (SSSR count). The van der Waals surface area contributed by atoms with E-state index in [1.54, 1.807) is 12.1 Å². The van der Waals surface area contributed by atoms with Gasteiger partial charge in [-0.3, -0.25) is 14.5 Å². The van der Waals surface area contributed by atoms with E-state index < -0.39 is 6.29 Å². The zero-order valence-electron chi connectivity index (χ0n) is 28.2. The molecule has 0 aromatic heterocycles. The summed E-state index contributed by atoms with van der Waals surface area (Å²) in [5.74, 6) is -0.111. The van der Waals surface area contributed by atoms with Crippen LogP contribution in [0.15, 0.2) is 103 Å². The molecule has 5 N–H and O–H groups in total. The van der Waals surface area contributed by atoms with Crippen LogP contribution in [0, 0.1) is 0 Å². The average molecular weight is 665 g/mol. The fourth-order valence-corrected chi connectivity index (χ4v) is 6.08. The monoisotopic (exact) mass is 664 g/mol. The maximum Gasteiger partial charge on any atom is 0.224 e. The number of carbonyl (C=O) groups excluding carboxylic acids is 2. The number of nitrogen functional groups attached to an aromatic ring is 1. The first kappa shape index (κ1) is 35.8. The molecule has 0 unspecified atom stereocenters. The number of rotatable bonds is 16. The van der Waals surface area contributed by atoms with Crippen LogP contribution in [0.3, 0.4) is 0 Å². The van der Waals surface area contributed by atoms with Gasteiger partial charge in [-0.25, -0.2) is 0 Å². The average Bonchev–Trinajstić information content (AvgIpc) is 3.11. The van der Waals surface area contributed by atoms with Crippen molar-refractivity contribution in [3.63, 3.8) is 0 Å². The van der Waals surface area contributed by atoms with Gasteiger partial charge in [0.1, 0.15) is 0 Å². The lowest BCUT2D eigenvalue weighted by molar-refractivity contribution is -0.252. The molecule has 0 radical (unpaired) electrons. The number of hydrogen-bond acceptors (Lipinski definition) is 7. The van der Waals surface area contributed by atoms with Gasteiger partial charge in [0.05, 0.1) is 30.2 Å². The number of likely N-dealkylation sites (N-methyl/N-ethyl adjacent to an activating group) is 1. The van der Waals surface area contributed by atoms with E-state index in [-0.39, 0.29) is 30.6 Å². The van der Waals surface area contributed by atoms with E-state index in [4.69, 9.17) is 15.2 Å². The molecule has 1 aliphatic heterocycles. The molecule has 0 saturated carbocycles. The van der Waals surface area contributed by atoms with Crippen LogP contribution in [0.4, 0.5) is 17.1 Å². The summed E-state index contributed by atoms with van der Waals surface area (Å²) in [6.07, 6.45) is 3.82. The van der Waals surface area contributed by atoms with Crippen molar-refractivity contribution in [1.29, 1.82) is 0 Å². The summed E-state index contributed by atoms with van der Waals surface area (Å²) in [6.45, 7) is 1.53. The number of nitrogens with zero attached hydrogens (tertiary/aromatic N) is 1. The molecule has 3 atom stereocenters. The summed E-state index contributed by atoms with van der Waals surface area (Å²) >= 11 is 0. The van der Waals surface area contributed by atoms with Crippen molar-refractivity contribution >= 4 is 28.9 Å². The molecular formula is C40H48N4O5. The van der Waals surface area contributed by atoms with E-state index in [2.05, 4.69) is 46.8 Å². The lowest BCUT2D eigenvalue weighted by Crippen LogP contribution is -2.37. The number of amides is 2. The molecule has 0 aliphatic carbocycles. The highest BCUT2D eigenvalue weighted by Crippen LogP contribution is 2.38. The first-order valence-electron chi connectivity index (χ1n) is 17.1. The van der Waals surface area contributed by atoms with E-state index in [9.17, 15) is 14.7 Å². The molecular weight excluding hydrogens is 616 g/mol. The van der Waals surface area contributed by atoms with Crippen molar-refractivity contribution in [2.45, 2.75) is 76.6 Å². The third kappa shape index (κ3) is 11.3. The fraction of sp³-hybridized carbons (Fsp3) is 0.350. The van der Waals surface area contributed by atoms with Crippen molar-refractivity contribution < 1.29 is 24.2 Å². The van der Waals surface area contributed by atoms with Crippen LogP contribution >= 0.6 is 0 Å². The molecule has 1 aliphatic rings. The van der Waals surface area contributed by atoms with Gasteiger partial charge in [-0.1, -0.05) is 91.7 Å². The predicted molar refractivity (Wildman–Crippen MR) is 193 cm³/mol. The molecule has 49 heavy (non-hydrogen) atoms. The highest BCUT2D eigenvalue weighted by molar-refractivity contribution is 5.93. The number of hydrogen-bond donors (Lipinski definition) is 4. The Morgan fingerprint density at radius 2 is 1.47 bits per heavy atom. The molecule has 1 fully saturated rings. The Morgan fingerprint density at radius 1 is 0.776 bits per heavy atom. The first-order valence-corrected chi connectivity index (χ1v) is 17.1. The number of nitrogens with one attached hydrogen (secondary N) is 2. The lowest BCUT2D eigenvalue weighted by atomic mass is 9.99. The van der Waals surface area contributed by atoms with Crippen LogP contribution in [0.2, 0.25) is 0 Å². The van der Waals surface area contributed by atoms with Crippen molar-refractivity contribution in [2.75, 3.05) is 30.0 Å². The van der Waals surface area contributed by atoms with Crippen LogP contribution in [0.25, 0.3) is 0 Å². The highest BCUT2D eigenvalue weighted by Gasteiger charge is 2.33.